The minimum atomic E-state index is -4.26. The Morgan fingerprint density at radius 1 is 0.478 bits per heavy atom. The molecule has 0 radical (unpaired) electrons. The molecular formula is C85H106Cl5F3N14O7Si. The number of alkyl halides is 3. The lowest BCUT2D eigenvalue weighted by atomic mass is 10.0. The lowest BCUT2D eigenvalue weighted by Crippen LogP contribution is -2.51. The molecule has 6 N–H and O–H groups in total. The number of nitrogens with one attached hydrogen (secondary N) is 3. The second kappa shape index (κ2) is 48.2. The highest BCUT2D eigenvalue weighted by molar-refractivity contribution is 6.82. The van der Waals surface area contributed by atoms with Gasteiger partial charge in [-0.25, -0.2) is 44.9 Å². The molecule has 0 spiro atoms. The van der Waals surface area contributed by atoms with E-state index in [0.717, 1.165) is 86.0 Å². The number of nitrogens with two attached hydrogens (primary N) is 1. The number of pyridine rings is 9. The number of carbonyl (C=O) groups is 1. The number of H-pyrrole nitrogens is 3. The molecule has 1 unspecified atom stereocenters. The summed E-state index contributed by atoms with van der Waals surface area (Å²) in [5, 5.41) is 16.9. The van der Waals surface area contributed by atoms with Crippen molar-refractivity contribution in [1.82, 2.24) is 64.0 Å². The van der Waals surface area contributed by atoms with Crippen molar-refractivity contribution in [2.45, 2.75) is 134 Å². The molecule has 0 aliphatic heterocycles. The van der Waals surface area contributed by atoms with Crippen LogP contribution in [-0.2, 0) is 25.6 Å². The Kier molecular flexibility index (Phi) is 42.3. The summed E-state index contributed by atoms with van der Waals surface area (Å²) in [5.74, 6) is 2.26. The molecule has 0 amide bonds. The molecule has 1 atom stereocenters. The van der Waals surface area contributed by atoms with Crippen LogP contribution in [0, 0.1) is 0 Å². The maximum absolute atomic E-state index is 12.0. The SMILES string of the molecule is C.C.C.C.C.C.COc1cccc(Cl)n1.COc1nc(Cl)ccc1C(O)c1c[nH]c2ncccc12.COc1nc(Cl)ccc1C=O.COc1nc(Cl)ccc1Cc1c[nH]c2ncccc12.COc1nc(Cl)ccc1Cc1cn([Si](C(C)C)(C(C)C)C(C)C)c2ncccc12.NCc1ccc(C(F)(F)F)cc1.c1cnc2[nH]ccc2c1. The van der Waals surface area contributed by atoms with E-state index >= 15 is 0 Å². The first-order chi connectivity index (χ1) is 52.3. The standard InChI is InChI=1S/C23H32ClN3OSi.C14H12ClN3O2.C14H12ClN3O.C8H8F3N.C7H6ClNO2.C7H6N2.C6H6ClNO.6CH4/c1-15(2)29(16(3)4,17(5)6)27-14-19(20-9-8-12-25-22(20)27)13-18-10-11-21(24)26-23(18)28-7;1-20-14-9(4-5-11(15)18-14)12(19)10-7-17-13-8(10)3-2-6-16-13;1-19-14-9(4-5-12(15)18-14)7-10-8-17-13-11(10)3-2-6-16-13;9-8(10,11)7-3-1-6(5-12)2-4-7;1-11-7-5(4-10)2-3-6(8)9-7;1-2-6-3-5-9-7(6)8-4-1;1-9-6-4-2-3-5(7)8-6;;;;;;/h8-12,14-17H,13H2,1-7H3;2-7,12,19H,1H3,(H,16,17);2-6,8H,7H2,1H3,(H,16,17);1-4H,5,12H2;2-4H,1H3;1-5H,(H,8,9);2-4H,1H3;6*1H4. The van der Waals surface area contributed by atoms with E-state index < -0.39 is 26.1 Å². The number of aromatic nitrogens is 13. The second-order valence-electron chi connectivity index (χ2n) is 24.9. The lowest BCUT2D eigenvalue weighted by Gasteiger charge is -2.44. The summed E-state index contributed by atoms with van der Waals surface area (Å²) in [6.07, 6.45) is 12.1. The molecule has 1 aromatic carbocycles. The number of ether oxygens (including phenoxy) is 5. The molecule has 0 fully saturated rings. The first-order valence-corrected chi connectivity index (χ1v) is 38.0. The Balaban J connectivity index is 0.000000469. The zero-order valence-corrected chi connectivity index (χ0v) is 66.2. The summed E-state index contributed by atoms with van der Waals surface area (Å²) in [7, 11) is 5.81. The average Bonchev–Trinajstić information content (AvgIpc) is 1.63. The van der Waals surface area contributed by atoms with Crippen molar-refractivity contribution >= 4 is 117 Å². The number of carbonyl (C=O) groups excluding carboxylic acids is 1. The Morgan fingerprint density at radius 3 is 1.45 bits per heavy atom. The van der Waals surface area contributed by atoms with E-state index in [1.807, 2.05) is 85.3 Å². The number of aldehydes is 1. The number of halogens is 8. The lowest BCUT2D eigenvalue weighted by molar-refractivity contribution is -0.137. The summed E-state index contributed by atoms with van der Waals surface area (Å²) in [5.41, 5.74) is 16.9. The van der Waals surface area contributed by atoms with Gasteiger partial charge in [0.05, 0.1) is 46.7 Å². The normalized spacial score (nSPS) is 10.7. The Bertz CT molecular complexity index is 5190. The summed E-state index contributed by atoms with van der Waals surface area (Å²) < 4.78 is 64.1. The largest absolute Gasteiger partial charge is 0.481 e. The van der Waals surface area contributed by atoms with Crippen molar-refractivity contribution < 1.29 is 46.8 Å². The van der Waals surface area contributed by atoms with Crippen molar-refractivity contribution in [3.8, 4) is 29.4 Å². The van der Waals surface area contributed by atoms with Crippen LogP contribution in [0.25, 0.3) is 44.1 Å². The molecular weight excluding hydrogens is 1590 g/mol. The maximum Gasteiger partial charge on any atom is 0.416 e. The van der Waals surface area contributed by atoms with E-state index in [0.29, 0.717) is 88.9 Å². The van der Waals surface area contributed by atoms with E-state index in [9.17, 15) is 23.1 Å². The third-order valence-corrected chi connectivity index (χ3v) is 25.1. The van der Waals surface area contributed by atoms with Gasteiger partial charge in [-0.2, -0.15) is 13.2 Å². The van der Waals surface area contributed by atoms with Crippen molar-refractivity contribution in [3.05, 3.63) is 271 Å². The van der Waals surface area contributed by atoms with Gasteiger partial charge in [-0.1, -0.05) is 174 Å². The number of hydrogen-bond acceptors (Lipinski definition) is 17. The van der Waals surface area contributed by atoms with Crippen LogP contribution < -0.4 is 29.4 Å². The van der Waals surface area contributed by atoms with Crippen LogP contribution in [-0.4, -0.2) is 119 Å². The minimum absolute atomic E-state index is 0. The van der Waals surface area contributed by atoms with Crippen molar-refractivity contribution in [3.63, 3.8) is 0 Å². The van der Waals surface area contributed by atoms with Gasteiger partial charge < -0.3 is 53.7 Å². The molecule has 14 rings (SSSR count). The van der Waals surface area contributed by atoms with Gasteiger partial charge >= 0.3 is 6.18 Å². The molecule has 0 bridgehead atoms. The van der Waals surface area contributed by atoms with Gasteiger partial charge in [0.1, 0.15) is 54.5 Å². The van der Waals surface area contributed by atoms with E-state index in [-0.39, 0.29) is 57.0 Å². The first kappa shape index (κ1) is 101. The predicted molar refractivity (Wildman–Crippen MR) is 468 cm³/mol. The van der Waals surface area contributed by atoms with Crippen molar-refractivity contribution in [2.24, 2.45) is 5.73 Å². The number of fused-ring (bicyclic) bond motifs is 4. The summed E-state index contributed by atoms with van der Waals surface area (Å²) in [6, 6.07) is 41.9. The third kappa shape index (κ3) is 26.4. The number of nitrogens with zero attached hydrogens (tertiary/aromatic N) is 10. The van der Waals surface area contributed by atoms with Crippen LogP contribution >= 0.6 is 58.0 Å². The van der Waals surface area contributed by atoms with Gasteiger partial charge in [-0.05, 0) is 143 Å². The predicted octanol–water partition coefficient (Wildman–Crippen LogP) is 23.5. The Morgan fingerprint density at radius 2 is 0.948 bits per heavy atom. The molecule has 0 aliphatic carbocycles. The molecule has 0 saturated carbocycles. The zero-order valence-electron chi connectivity index (χ0n) is 61.5. The molecule has 21 nitrogen and oxygen atoms in total. The highest BCUT2D eigenvalue weighted by atomic mass is 35.5. The smallest absolute Gasteiger partial charge is 0.416 e. The maximum atomic E-state index is 12.0. The van der Waals surface area contributed by atoms with Crippen molar-refractivity contribution in [2.75, 3.05) is 35.5 Å². The highest BCUT2D eigenvalue weighted by Crippen LogP contribution is 2.45. The molecule has 13 heterocycles. The number of aromatic amines is 3. The van der Waals surface area contributed by atoms with Crippen LogP contribution in [0.4, 0.5) is 13.2 Å². The van der Waals surface area contributed by atoms with Crippen LogP contribution in [0.5, 0.6) is 29.4 Å². The quantitative estimate of drug-likeness (QED) is 0.0322. The van der Waals surface area contributed by atoms with Gasteiger partial charge in [-0.15, -0.1) is 0 Å². The van der Waals surface area contributed by atoms with E-state index in [2.05, 4.69) is 113 Å². The number of hydrogen-bond donors (Lipinski definition) is 5. The monoisotopic (exact) mass is 1690 g/mol. The van der Waals surface area contributed by atoms with Crippen LogP contribution in [0.15, 0.2) is 195 Å². The van der Waals surface area contributed by atoms with Gasteiger partial charge in [0.15, 0.2) is 14.5 Å². The number of benzene rings is 1. The van der Waals surface area contributed by atoms with Crippen LogP contribution in [0.3, 0.4) is 0 Å². The summed E-state index contributed by atoms with van der Waals surface area (Å²) in [4.78, 5) is 57.1. The van der Waals surface area contributed by atoms with E-state index in [1.165, 1.54) is 43.4 Å². The topological polar surface area (TPSA) is 278 Å². The fourth-order valence-corrected chi connectivity index (χ4v) is 19.9. The highest BCUT2D eigenvalue weighted by Gasteiger charge is 2.46. The third-order valence-electron chi connectivity index (χ3n) is 17.4. The molecule has 0 aliphatic rings. The Labute approximate surface area is 699 Å². The van der Waals surface area contributed by atoms with Crippen molar-refractivity contribution in [1.29, 1.82) is 0 Å². The number of aliphatic hydroxyl groups excluding tert-OH is 1. The van der Waals surface area contributed by atoms with Crippen LogP contribution in [0.2, 0.25) is 42.4 Å². The average molecular weight is 1700 g/mol. The van der Waals surface area contributed by atoms with Crippen LogP contribution in [0.1, 0.15) is 147 Å². The zero-order chi connectivity index (χ0) is 79.0. The summed E-state index contributed by atoms with van der Waals surface area (Å²) in [6.45, 7) is 14.6. The summed E-state index contributed by atoms with van der Waals surface area (Å²) >= 11 is 28.8. The van der Waals surface area contributed by atoms with Gasteiger partial charge in [0, 0.05) is 119 Å². The fraction of sp³-hybridized carbons (Fsp3) is 0.294. The molecule has 115 heavy (non-hydrogen) atoms. The first-order valence-electron chi connectivity index (χ1n) is 33.9. The van der Waals surface area contributed by atoms with Gasteiger partial charge in [0.2, 0.25) is 29.4 Å². The second-order valence-corrected chi connectivity index (χ2v) is 32.5. The fourth-order valence-electron chi connectivity index (χ4n) is 12.6. The number of aliphatic hydroxyl groups is 1. The van der Waals surface area contributed by atoms with Gasteiger partial charge in [-0.3, -0.25) is 4.79 Å². The molecule has 14 aromatic rings. The van der Waals surface area contributed by atoms with Gasteiger partial charge in [0.25, 0.3) is 0 Å². The molecule has 0 saturated heterocycles. The molecule has 618 valence electrons. The molecule has 13 aromatic heterocycles. The van der Waals surface area contributed by atoms with E-state index in [4.69, 9.17) is 92.4 Å². The van der Waals surface area contributed by atoms with E-state index in [1.54, 1.807) is 88.6 Å². The number of rotatable bonds is 17. The Hall–Kier alpha value is -10.2. The number of methoxy groups -OCH3 is 5. The minimum Gasteiger partial charge on any atom is -0.481 e. The molecule has 30 heteroatoms.